The molecule has 0 radical (unpaired) electrons. The predicted molar refractivity (Wildman–Crippen MR) is 150 cm³/mol. The molecule has 1 atom stereocenters. The molecule has 2 amide bonds. The molecule has 2 N–H and O–H groups in total. The van der Waals surface area contributed by atoms with Crippen LogP contribution in [0.5, 0.6) is 0 Å². The van der Waals surface area contributed by atoms with E-state index in [9.17, 15) is 22.8 Å². The first kappa shape index (κ1) is 26.7. The number of aromatic nitrogens is 1. The number of nitrogens with one attached hydrogen (secondary N) is 2. The Kier molecular flexibility index (Phi) is 7.17. The Balaban J connectivity index is 1.31. The number of hydrogen-bond donors (Lipinski definition) is 2. The maximum absolute atomic E-state index is 13.2. The van der Waals surface area contributed by atoms with E-state index in [1.165, 1.54) is 12.1 Å². The number of carbonyl (C=O) groups is 2. The number of aryl methyl sites for hydroxylation is 1. The molecule has 0 aliphatic carbocycles. The van der Waals surface area contributed by atoms with Gasteiger partial charge in [0.1, 0.15) is 5.69 Å². The van der Waals surface area contributed by atoms with Crippen molar-refractivity contribution < 1.29 is 22.8 Å². The number of fused-ring (bicyclic) bond motifs is 1. The number of halogens is 3. The van der Waals surface area contributed by atoms with Gasteiger partial charge < -0.3 is 15.2 Å². The minimum Gasteiger partial charge on any atom is -0.344 e. The van der Waals surface area contributed by atoms with Crippen LogP contribution in [0, 0.1) is 0 Å². The molecular weight excluding hydrogens is 515 g/mol. The lowest BCUT2D eigenvalue weighted by molar-refractivity contribution is -0.137. The van der Waals surface area contributed by atoms with E-state index in [1.807, 2.05) is 49.4 Å². The third-order valence-electron chi connectivity index (χ3n) is 6.81. The normalized spacial score (nSPS) is 12.2. The molecule has 40 heavy (non-hydrogen) atoms. The van der Waals surface area contributed by atoms with E-state index in [-0.39, 0.29) is 11.9 Å². The zero-order chi connectivity index (χ0) is 28.4. The van der Waals surface area contributed by atoms with Crippen molar-refractivity contribution in [2.24, 2.45) is 7.05 Å². The summed E-state index contributed by atoms with van der Waals surface area (Å²) >= 11 is 0. The number of alkyl halides is 3. The van der Waals surface area contributed by atoms with Crippen LogP contribution in [0.2, 0.25) is 0 Å². The van der Waals surface area contributed by atoms with Crippen LogP contribution in [0.15, 0.2) is 103 Å². The first-order chi connectivity index (χ1) is 19.1. The van der Waals surface area contributed by atoms with E-state index < -0.39 is 17.6 Å². The second-order valence-corrected chi connectivity index (χ2v) is 9.60. The molecule has 202 valence electrons. The van der Waals surface area contributed by atoms with Crippen molar-refractivity contribution in [1.29, 1.82) is 0 Å². The van der Waals surface area contributed by atoms with Crippen molar-refractivity contribution in [1.82, 2.24) is 9.88 Å². The van der Waals surface area contributed by atoms with Crippen LogP contribution in [0.1, 0.15) is 44.9 Å². The van der Waals surface area contributed by atoms with E-state index in [4.69, 9.17) is 0 Å². The Labute approximate surface area is 229 Å². The van der Waals surface area contributed by atoms with Crippen LogP contribution in [-0.2, 0) is 13.2 Å². The van der Waals surface area contributed by atoms with Gasteiger partial charge in [-0.15, -0.1) is 0 Å². The van der Waals surface area contributed by atoms with E-state index in [0.717, 1.165) is 28.5 Å². The highest BCUT2D eigenvalue weighted by Crippen LogP contribution is 2.32. The smallest absolute Gasteiger partial charge is 0.344 e. The Morgan fingerprint density at radius 2 is 1.48 bits per heavy atom. The van der Waals surface area contributed by atoms with E-state index in [1.54, 1.807) is 48.1 Å². The monoisotopic (exact) mass is 541 g/mol. The van der Waals surface area contributed by atoms with Gasteiger partial charge in [-0.05, 0) is 64.7 Å². The molecule has 8 heteroatoms. The first-order valence-corrected chi connectivity index (χ1v) is 12.6. The van der Waals surface area contributed by atoms with Gasteiger partial charge in [-0.2, -0.15) is 13.2 Å². The summed E-state index contributed by atoms with van der Waals surface area (Å²) in [5.41, 5.74) is 2.25. The highest BCUT2D eigenvalue weighted by molar-refractivity contribution is 6.09. The van der Waals surface area contributed by atoms with Crippen LogP contribution in [0.4, 0.5) is 18.9 Å². The third-order valence-corrected chi connectivity index (χ3v) is 6.81. The van der Waals surface area contributed by atoms with Crippen molar-refractivity contribution in [3.63, 3.8) is 0 Å². The average molecular weight is 542 g/mol. The molecule has 0 fully saturated rings. The zero-order valence-corrected chi connectivity index (χ0v) is 21.8. The molecule has 0 aliphatic rings. The van der Waals surface area contributed by atoms with Gasteiger partial charge in [0.25, 0.3) is 11.8 Å². The zero-order valence-electron chi connectivity index (χ0n) is 21.8. The molecule has 5 nitrogen and oxygen atoms in total. The number of rotatable bonds is 6. The SMILES string of the molecule is C[C@H](NC(=O)c1cc(NC(=O)c2ccccc2-c2ccc(C(F)(F)F)cc2)cn1C)c1ccc2ccccc2c1. The largest absolute Gasteiger partial charge is 0.416 e. The summed E-state index contributed by atoms with van der Waals surface area (Å²) in [7, 11) is 1.71. The van der Waals surface area contributed by atoms with Gasteiger partial charge in [-0.1, -0.05) is 66.7 Å². The lowest BCUT2D eigenvalue weighted by Gasteiger charge is -2.15. The lowest BCUT2D eigenvalue weighted by atomic mass is 9.98. The Morgan fingerprint density at radius 3 is 2.20 bits per heavy atom. The van der Waals surface area contributed by atoms with E-state index >= 15 is 0 Å². The molecular formula is C32H26F3N3O2. The number of benzene rings is 4. The second kappa shape index (κ2) is 10.7. The van der Waals surface area contributed by atoms with E-state index in [0.29, 0.717) is 28.1 Å². The fraction of sp³-hybridized carbons (Fsp3) is 0.125. The van der Waals surface area contributed by atoms with Gasteiger partial charge in [0.15, 0.2) is 0 Å². The molecule has 0 aliphatic heterocycles. The maximum Gasteiger partial charge on any atom is 0.416 e. The molecule has 0 spiro atoms. The number of hydrogen-bond acceptors (Lipinski definition) is 2. The van der Waals surface area contributed by atoms with Crippen LogP contribution < -0.4 is 10.6 Å². The van der Waals surface area contributed by atoms with Gasteiger partial charge in [0, 0.05) is 18.8 Å². The standard InChI is InChI=1S/C32H26F3N3O2/c1-20(23-12-11-21-7-3-4-8-24(21)17-23)36-31(40)29-18-26(19-38(29)2)37-30(39)28-10-6-5-9-27(28)22-13-15-25(16-14-22)32(33,34)35/h3-20H,1-2H3,(H,36,40)(H,37,39)/t20-/m0/s1. The molecule has 4 aromatic carbocycles. The minimum atomic E-state index is -4.44. The second-order valence-electron chi connectivity index (χ2n) is 9.60. The molecule has 5 aromatic rings. The van der Waals surface area contributed by atoms with Crippen LogP contribution in [0.3, 0.4) is 0 Å². The number of nitrogens with zero attached hydrogens (tertiary/aromatic N) is 1. The third kappa shape index (κ3) is 5.61. The molecule has 0 bridgehead atoms. The minimum absolute atomic E-state index is 0.249. The highest BCUT2D eigenvalue weighted by Gasteiger charge is 2.30. The van der Waals surface area contributed by atoms with Crippen LogP contribution in [-0.4, -0.2) is 16.4 Å². The van der Waals surface area contributed by atoms with Gasteiger partial charge >= 0.3 is 6.18 Å². The Morgan fingerprint density at radius 1 is 0.800 bits per heavy atom. The van der Waals surface area contributed by atoms with Crippen molar-refractivity contribution in [3.8, 4) is 11.1 Å². The number of carbonyl (C=O) groups excluding carboxylic acids is 2. The molecule has 1 aromatic heterocycles. The maximum atomic E-state index is 13.2. The number of amides is 2. The van der Waals surface area contributed by atoms with Gasteiger partial charge in [0.05, 0.1) is 17.3 Å². The highest BCUT2D eigenvalue weighted by atomic mass is 19.4. The summed E-state index contributed by atoms with van der Waals surface area (Å²) in [4.78, 5) is 26.3. The fourth-order valence-electron chi connectivity index (χ4n) is 4.66. The summed E-state index contributed by atoms with van der Waals surface area (Å²) in [5.74, 6) is -0.744. The fourth-order valence-corrected chi connectivity index (χ4v) is 4.66. The predicted octanol–water partition coefficient (Wildman–Crippen LogP) is 7.61. The van der Waals surface area contributed by atoms with Crippen molar-refractivity contribution >= 4 is 28.3 Å². The van der Waals surface area contributed by atoms with Crippen LogP contribution >= 0.6 is 0 Å². The first-order valence-electron chi connectivity index (χ1n) is 12.6. The topological polar surface area (TPSA) is 63.1 Å². The van der Waals surface area contributed by atoms with E-state index in [2.05, 4.69) is 10.6 Å². The molecule has 0 unspecified atom stereocenters. The van der Waals surface area contributed by atoms with Crippen LogP contribution in [0.25, 0.3) is 21.9 Å². The lowest BCUT2D eigenvalue weighted by Crippen LogP contribution is -2.28. The van der Waals surface area contributed by atoms with Crippen molar-refractivity contribution in [3.05, 3.63) is 126 Å². The van der Waals surface area contributed by atoms with Crippen molar-refractivity contribution in [2.45, 2.75) is 19.1 Å². The summed E-state index contributed by atoms with van der Waals surface area (Å²) in [6, 6.07) is 26.7. The molecule has 0 saturated heterocycles. The molecule has 0 saturated carbocycles. The summed E-state index contributed by atoms with van der Waals surface area (Å²) in [5, 5.41) is 8.02. The van der Waals surface area contributed by atoms with Crippen molar-refractivity contribution in [2.75, 3.05) is 5.32 Å². The summed E-state index contributed by atoms with van der Waals surface area (Å²) < 4.78 is 40.6. The Bertz CT molecular complexity index is 1710. The average Bonchev–Trinajstić information content (AvgIpc) is 3.32. The molecule has 5 rings (SSSR count). The van der Waals surface area contributed by atoms with Gasteiger partial charge in [-0.3, -0.25) is 9.59 Å². The molecule has 1 heterocycles. The van der Waals surface area contributed by atoms with Gasteiger partial charge in [-0.25, -0.2) is 0 Å². The quantitative estimate of drug-likeness (QED) is 0.232. The summed E-state index contributed by atoms with van der Waals surface area (Å²) in [6.45, 7) is 1.91. The Hall–Kier alpha value is -4.85. The number of anilines is 1. The summed E-state index contributed by atoms with van der Waals surface area (Å²) in [6.07, 6.45) is -2.81. The van der Waals surface area contributed by atoms with Gasteiger partial charge in [0.2, 0.25) is 0 Å².